The summed E-state index contributed by atoms with van der Waals surface area (Å²) in [6, 6.07) is 19.6. The van der Waals surface area contributed by atoms with Crippen molar-refractivity contribution < 1.29 is 14.3 Å². The van der Waals surface area contributed by atoms with Crippen LogP contribution in [0, 0.1) is 0 Å². The lowest BCUT2D eigenvalue weighted by molar-refractivity contribution is -0.114. The first-order chi connectivity index (χ1) is 12.6. The minimum atomic E-state index is -0.330. The fourth-order valence-electron chi connectivity index (χ4n) is 2.29. The quantitative estimate of drug-likeness (QED) is 0.729. The third-order valence-corrected chi connectivity index (χ3v) is 3.43. The second-order valence-electron chi connectivity index (χ2n) is 5.48. The van der Waals surface area contributed by atoms with Gasteiger partial charge in [0, 0.05) is 18.7 Å². The summed E-state index contributed by atoms with van der Waals surface area (Å²) in [6.07, 6.45) is 1.46. The van der Waals surface area contributed by atoms with Crippen LogP contribution in [0.5, 0.6) is 11.5 Å². The van der Waals surface area contributed by atoms with Gasteiger partial charge in [-0.05, 0) is 36.4 Å². The molecular formula is C20H17N3O3. The molecule has 2 amide bonds. The molecule has 0 saturated carbocycles. The zero-order valence-corrected chi connectivity index (χ0v) is 14.1. The van der Waals surface area contributed by atoms with E-state index < -0.39 is 0 Å². The number of pyridine rings is 1. The van der Waals surface area contributed by atoms with Crippen molar-refractivity contribution in [3.63, 3.8) is 0 Å². The molecule has 2 N–H and O–H groups in total. The summed E-state index contributed by atoms with van der Waals surface area (Å²) < 4.78 is 5.84. The van der Waals surface area contributed by atoms with E-state index in [0.717, 1.165) is 0 Å². The molecular weight excluding hydrogens is 330 g/mol. The molecule has 0 unspecified atom stereocenters. The van der Waals surface area contributed by atoms with Gasteiger partial charge in [0.25, 0.3) is 5.91 Å². The molecule has 0 aliphatic carbocycles. The van der Waals surface area contributed by atoms with Crippen molar-refractivity contribution >= 4 is 23.3 Å². The number of para-hydroxylation sites is 3. The molecule has 0 bridgehead atoms. The summed E-state index contributed by atoms with van der Waals surface area (Å²) in [7, 11) is 0. The van der Waals surface area contributed by atoms with Gasteiger partial charge in [-0.2, -0.15) is 0 Å². The lowest BCUT2D eigenvalue weighted by atomic mass is 10.2. The van der Waals surface area contributed by atoms with Crippen molar-refractivity contribution in [1.82, 2.24) is 4.98 Å². The molecule has 0 saturated heterocycles. The lowest BCUT2D eigenvalue weighted by Crippen LogP contribution is -2.14. The van der Waals surface area contributed by atoms with E-state index in [0.29, 0.717) is 28.6 Å². The number of anilines is 2. The van der Waals surface area contributed by atoms with E-state index in [1.807, 2.05) is 42.5 Å². The highest BCUT2D eigenvalue weighted by Gasteiger charge is 2.11. The van der Waals surface area contributed by atoms with E-state index in [-0.39, 0.29) is 11.8 Å². The molecule has 26 heavy (non-hydrogen) atoms. The summed E-state index contributed by atoms with van der Waals surface area (Å²) in [5.41, 5.74) is 0.914. The lowest BCUT2D eigenvalue weighted by Gasteiger charge is -2.12. The van der Waals surface area contributed by atoms with Gasteiger partial charge in [-0.25, -0.2) is 4.98 Å². The highest BCUT2D eigenvalue weighted by molar-refractivity contribution is 6.05. The zero-order valence-electron chi connectivity index (χ0n) is 14.1. The van der Waals surface area contributed by atoms with Crippen molar-refractivity contribution in [3.8, 4) is 11.5 Å². The van der Waals surface area contributed by atoms with Crippen LogP contribution in [0.15, 0.2) is 72.9 Å². The number of nitrogens with one attached hydrogen (secondary N) is 2. The maximum Gasteiger partial charge on any atom is 0.255 e. The number of hydrogen-bond donors (Lipinski definition) is 2. The molecule has 0 aliphatic rings. The Morgan fingerprint density at radius 2 is 1.65 bits per heavy atom. The molecule has 3 rings (SSSR count). The molecule has 6 heteroatoms. The van der Waals surface area contributed by atoms with Crippen LogP contribution in [0.2, 0.25) is 0 Å². The smallest absolute Gasteiger partial charge is 0.255 e. The van der Waals surface area contributed by atoms with Crippen LogP contribution in [0.4, 0.5) is 11.5 Å². The van der Waals surface area contributed by atoms with Crippen LogP contribution in [0.1, 0.15) is 17.3 Å². The van der Waals surface area contributed by atoms with Crippen LogP contribution in [0.3, 0.4) is 0 Å². The van der Waals surface area contributed by atoms with Crippen molar-refractivity contribution in [1.29, 1.82) is 0 Å². The van der Waals surface area contributed by atoms with Gasteiger partial charge in [0.05, 0.1) is 5.69 Å². The number of hydrogen-bond acceptors (Lipinski definition) is 4. The molecule has 6 nitrogen and oxygen atoms in total. The summed E-state index contributed by atoms with van der Waals surface area (Å²) >= 11 is 0. The third kappa shape index (κ3) is 4.45. The first kappa shape index (κ1) is 17.2. The number of carbonyl (C=O) groups is 2. The average molecular weight is 347 g/mol. The summed E-state index contributed by atoms with van der Waals surface area (Å²) in [4.78, 5) is 27.7. The van der Waals surface area contributed by atoms with Crippen molar-refractivity contribution in [2.24, 2.45) is 0 Å². The number of carbonyl (C=O) groups excluding carboxylic acids is 2. The predicted octanol–water partition coefficient (Wildman–Crippen LogP) is 4.08. The number of nitrogens with zero attached hydrogens (tertiary/aromatic N) is 1. The molecule has 130 valence electrons. The van der Waals surface area contributed by atoms with Gasteiger partial charge in [0.1, 0.15) is 11.6 Å². The Morgan fingerprint density at radius 3 is 2.42 bits per heavy atom. The molecule has 0 fully saturated rings. The summed E-state index contributed by atoms with van der Waals surface area (Å²) in [5, 5.41) is 5.38. The van der Waals surface area contributed by atoms with Gasteiger partial charge >= 0.3 is 0 Å². The number of benzene rings is 2. The number of rotatable bonds is 5. The normalized spacial score (nSPS) is 10.0. The molecule has 0 radical (unpaired) electrons. The van der Waals surface area contributed by atoms with Crippen molar-refractivity contribution in [2.45, 2.75) is 6.92 Å². The number of aromatic nitrogens is 1. The van der Waals surface area contributed by atoms with Crippen LogP contribution in [0.25, 0.3) is 0 Å². The van der Waals surface area contributed by atoms with Gasteiger partial charge in [-0.1, -0.05) is 30.3 Å². The standard InChI is InChI=1S/C20H17N3O3/c1-14(24)22-19-13-15(11-12-21-19)20(25)23-17-9-5-6-10-18(17)26-16-7-3-2-4-8-16/h2-13H,1H3,(H,23,25)(H,21,22,24). The Bertz CT molecular complexity index is 926. The van der Waals surface area contributed by atoms with E-state index >= 15 is 0 Å². The number of amides is 2. The molecule has 0 atom stereocenters. The van der Waals surface area contributed by atoms with Gasteiger partial charge in [-0.15, -0.1) is 0 Å². The SMILES string of the molecule is CC(=O)Nc1cc(C(=O)Nc2ccccc2Oc2ccccc2)ccn1. The second-order valence-corrected chi connectivity index (χ2v) is 5.48. The minimum Gasteiger partial charge on any atom is -0.455 e. The van der Waals surface area contributed by atoms with Crippen LogP contribution >= 0.6 is 0 Å². The summed E-state index contributed by atoms with van der Waals surface area (Å²) in [5.74, 6) is 0.938. The molecule has 0 aliphatic heterocycles. The van der Waals surface area contributed by atoms with Crippen LogP contribution in [-0.2, 0) is 4.79 Å². The van der Waals surface area contributed by atoms with E-state index in [4.69, 9.17) is 4.74 Å². The zero-order chi connectivity index (χ0) is 18.4. The van der Waals surface area contributed by atoms with Crippen molar-refractivity contribution in [3.05, 3.63) is 78.5 Å². The minimum absolute atomic E-state index is 0.253. The fourth-order valence-corrected chi connectivity index (χ4v) is 2.29. The Hall–Kier alpha value is -3.67. The highest BCUT2D eigenvalue weighted by Crippen LogP contribution is 2.29. The summed E-state index contributed by atoms with van der Waals surface area (Å²) in [6.45, 7) is 1.38. The van der Waals surface area contributed by atoms with Gasteiger partial charge in [-0.3, -0.25) is 9.59 Å². The largest absolute Gasteiger partial charge is 0.455 e. The fraction of sp³-hybridized carbons (Fsp3) is 0.0500. The molecule has 0 spiro atoms. The first-order valence-corrected chi connectivity index (χ1v) is 7.99. The molecule has 1 aromatic heterocycles. The maximum atomic E-state index is 12.5. The van der Waals surface area contributed by atoms with E-state index in [1.165, 1.54) is 19.2 Å². The number of ether oxygens (including phenoxy) is 1. The topological polar surface area (TPSA) is 80.3 Å². The van der Waals surface area contributed by atoms with Gasteiger partial charge in [0.15, 0.2) is 5.75 Å². The Morgan fingerprint density at radius 1 is 0.923 bits per heavy atom. The van der Waals surface area contributed by atoms with Crippen molar-refractivity contribution in [2.75, 3.05) is 10.6 Å². The molecule has 2 aromatic carbocycles. The van der Waals surface area contributed by atoms with Gasteiger partial charge in [0.2, 0.25) is 5.91 Å². The predicted molar refractivity (Wildman–Crippen MR) is 99.5 cm³/mol. The van der Waals surface area contributed by atoms with E-state index in [2.05, 4.69) is 15.6 Å². The maximum absolute atomic E-state index is 12.5. The Kier molecular flexibility index (Phi) is 5.24. The highest BCUT2D eigenvalue weighted by atomic mass is 16.5. The average Bonchev–Trinajstić information content (AvgIpc) is 2.64. The molecule has 1 heterocycles. The van der Waals surface area contributed by atoms with Gasteiger partial charge < -0.3 is 15.4 Å². The van der Waals surface area contributed by atoms with E-state index in [9.17, 15) is 9.59 Å². The molecule has 3 aromatic rings. The van der Waals surface area contributed by atoms with E-state index in [1.54, 1.807) is 18.2 Å². The third-order valence-electron chi connectivity index (χ3n) is 3.43. The Labute approximate surface area is 150 Å². The first-order valence-electron chi connectivity index (χ1n) is 7.99. The monoisotopic (exact) mass is 347 g/mol. The van der Waals surface area contributed by atoms with Crippen LogP contribution < -0.4 is 15.4 Å². The second kappa shape index (κ2) is 7.94. The van der Waals surface area contributed by atoms with Crippen LogP contribution in [-0.4, -0.2) is 16.8 Å². The Balaban J connectivity index is 1.79.